The lowest BCUT2D eigenvalue weighted by molar-refractivity contribution is 0.142. The molecule has 0 aliphatic carbocycles. The monoisotopic (exact) mass is 218 g/mol. The average molecular weight is 218 g/mol. The van der Waals surface area contributed by atoms with E-state index >= 15 is 0 Å². The molecule has 0 saturated carbocycles. The van der Waals surface area contributed by atoms with Crippen molar-refractivity contribution in [2.24, 2.45) is 5.92 Å². The molecule has 0 radical (unpaired) electrons. The first-order valence-corrected chi connectivity index (χ1v) is 5.91. The zero-order valence-corrected chi connectivity index (χ0v) is 10.7. The third kappa shape index (κ3) is 3.82. The molecule has 1 nitrogen and oxygen atoms in total. The summed E-state index contributed by atoms with van der Waals surface area (Å²) >= 11 is 0. The number of ether oxygens (including phenoxy) is 1. The minimum Gasteiger partial charge on any atom is -0.373 e. The smallest absolute Gasteiger partial charge is 0.100 e. The summed E-state index contributed by atoms with van der Waals surface area (Å²) in [6.07, 6.45) is 5.31. The number of hydrogen-bond donors (Lipinski definition) is 0. The third-order valence-electron chi connectivity index (χ3n) is 2.57. The van der Waals surface area contributed by atoms with Crippen LogP contribution in [0.1, 0.15) is 38.0 Å². The summed E-state index contributed by atoms with van der Waals surface area (Å²) in [5.74, 6) is 0.708. The molecule has 1 rings (SSSR count). The van der Waals surface area contributed by atoms with E-state index in [1.54, 1.807) is 7.11 Å². The van der Waals surface area contributed by atoms with Crippen molar-refractivity contribution in [2.45, 2.75) is 33.3 Å². The molecule has 1 aromatic carbocycles. The zero-order valence-electron chi connectivity index (χ0n) is 10.7. The van der Waals surface area contributed by atoms with Crippen molar-refractivity contribution in [3.63, 3.8) is 0 Å². The summed E-state index contributed by atoms with van der Waals surface area (Å²) < 4.78 is 5.41. The quantitative estimate of drug-likeness (QED) is 0.675. The summed E-state index contributed by atoms with van der Waals surface area (Å²) in [6.45, 7) is 6.50. The van der Waals surface area contributed by atoms with Crippen molar-refractivity contribution in [1.29, 1.82) is 0 Å². The second-order valence-corrected chi connectivity index (χ2v) is 4.52. The van der Waals surface area contributed by atoms with Gasteiger partial charge in [-0.05, 0) is 30.4 Å². The molecule has 88 valence electrons. The molecule has 0 amide bonds. The minimum atomic E-state index is 0.0816. The molecule has 0 aromatic heterocycles. The first-order chi connectivity index (χ1) is 7.67. The number of benzene rings is 1. The maximum Gasteiger partial charge on any atom is 0.100 e. The highest BCUT2D eigenvalue weighted by atomic mass is 16.5. The van der Waals surface area contributed by atoms with Crippen LogP contribution in [0.5, 0.6) is 0 Å². The highest BCUT2D eigenvalue weighted by Crippen LogP contribution is 2.19. The van der Waals surface area contributed by atoms with Gasteiger partial charge in [0, 0.05) is 7.11 Å². The fraction of sp³-hybridized carbons (Fsp3) is 0.467. The number of methoxy groups -OCH3 is 1. The van der Waals surface area contributed by atoms with Gasteiger partial charge in [-0.1, -0.05) is 50.3 Å². The Morgan fingerprint density at radius 2 is 1.81 bits per heavy atom. The van der Waals surface area contributed by atoms with Crippen LogP contribution in [0.3, 0.4) is 0 Å². The number of allylic oxidation sites excluding steroid dienone is 1. The van der Waals surface area contributed by atoms with Crippen LogP contribution in [0.25, 0.3) is 0 Å². The fourth-order valence-corrected chi connectivity index (χ4v) is 1.82. The Morgan fingerprint density at radius 1 is 1.19 bits per heavy atom. The Labute approximate surface area is 99.1 Å². The van der Waals surface area contributed by atoms with Gasteiger partial charge in [-0.15, -0.1) is 0 Å². The van der Waals surface area contributed by atoms with Gasteiger partial charge >= 0.3 is 0 Å². The molecule has 1 aromatic rings. The molecule has 0 bridgehead atoms. The molecule has 0 aliphatic rings. The van der Waals surface area contributed by atoms with Gasteiger partial charge in [0.2, 0.25) is 0 Å². The molecule has 0 heterocycles. The highest BCUT2D eigenvalue weighted by Gasteiger charge is 2.06. The van der Waals surface area contributed by atoms with Gasteiger partial charge in [0.05, 0.1) is 0 Å². The van der Waals surface area contributed by atoms with Crippen LogP contribution in [-0.4, -0.2) is 7.11 Å². The Bertz CT molecular complexity index is 322. The maximum absolute atomic E-state index is 5.41. The van der Waals surface area contributed by atoms with E-state index in [0.717, 1.165) is 6.42 Å². The molecule has 16 heavy (non-hydrogen) atoms. The Hall–Kier alpha value is -1.08. The molecule has 0 N–H and O–H groups in total. The lowest BCUT2D eigenvalue weighted by atomic mass is 10.00. The molecule has 0 spiro atoms. The van der Waals surface area contributed by atoms with Gasteiger partial charge in [-0.2, -0.15) is 0 Å². The van der Waals surface area contributed by atoms with Gasteiger partial charge in [-0.25, -0.2) is 0 Å². The molecular weight excluding hydrogens is 196 g/mol. The summed E-state index contributed by atoms with van der Waals surface area (Å²) in [7, 11) is 1.74. The predicted molar refractivity (Wildman–Crippen MR) is 69.5 cm³/mol. The highest BCUT2D eigenvalue weighted by molar-refractivity contribution is 5.26. The van der Waals surface area contributed by atoms with Crippen LogP contribution >= 0.6 is 0 Å². The lowest BCUT2D eigenvalue weighted by Gasteiger charge is -2.12. The first kappa shape index (κ1) is 13.0. The van der Waals surface area contributed by atoms with Crippen molar-refractivity contribution in [2.75, 3.05) is 7.11 Å². The van der Waals surface area contributed by atoms with Crippen molar-refractivity contribution in [1.82, 2.24) is 0 Å². The van der Waals surface area contributed by atoms with Crippen molar-refractivity contribution in [3.05, 3.63) is 47.5 Å². The van der Waals surface area contributed by atoms with E-state index in [0.29, 0.717) is 5.92 Å². The van der Waals surface area contributed by atoms with Gasteiger partial charge in [0.15, 0.2) is 0 Å². The van der Waals surface area contributed by atoms with Crippen molar-refractivity contribution >= 4 is 0 Å². The van der Waals surface area contributed by atoms with E-state index in [2.05, 4.69) is 44.2 Å². The topological polar surface area (TPSA) is 9.23 Å². The average Bonchev–Trinajstić information content (AvgIpc) is 2.26. The Kier molecular flexibility index (Phi) is 5.27. The van der Waals surface area contributed by atoms with Gasteiger partial charge < -0.3 is 4.74 Å². The summed E-state index contributed by atoms with van der Waals surface area (Å²) in [5, 5.41) is 0. The van der Waals surface area contributed by atoms with Crippen LogP contribution in [0, 0.1) is 5.92 Å². The van der Waals surface area contributed by atoms with Crippen LogP contribution < -0.4 is 0 Å². The summed E-state index contributed by atoms with van der Waals surface area (Å²) in [6, 6.07) is 8.72. The molecule has 1 heteroatoms. The third-order valence-corrected chi connectivity index (χ3v) is 2.57. The normalized spacial score (nSPS) is 13.6. The first-order valence-electron chi connectivity index (χ1n) is 5.91. The molecular formula is C15H22O. The molecule has 0 aliphatic heterocycles. The van der Waals surface area contributed by atoms with Gasteiger partial charge in [-0.3, -0.25) is 0 Å². The van der Waals surface area contributed by atoms with Crippen LogP contribution in [0.15, 0.2) is 36.4 Å². The van der Waals surface area contributed by atoms with Crippen LogP contribution in [0.2, 0.25) is 0 Å². The zero-order chi connectivity index (χ0) is 12.0. The lowest BCUT2D eigenvalue weighted by Crippen LogP contribution is -1.99. The Morgan fingerprint density at radius 3 is 2.25 bits per heavy atom. The van der Waals surface area contributed by atoms with Gasteiger partial charge in [0.1, 0.15) is 6.10 Å². The van der Waals surface area contributed by atoms with Crippen LogP contribution in [-0.2, 0) is 11.2 Å². The van der Waals surface area contributed by atoms with E-state index in [1.165, 1.54) is 11.1 Å². The van der Waals surface area contributed by atoms with E-state index in [9.17, 15) is 0 Å². The summed E-state index contributed by atoms with van der Waals surface area (Å²) in [4.78, 5) is 0. The predicted octanol–water partition coefficient (Wildman–Crippen LogP) is 4.15. The van der Waals surface area contributed by atoms with Crippen molar-refractivity contribution < 1.29 is 4.74 Å². The minimum absolute atomic E-state index is 0.0816. The van der Waals surface area contributed by atoms with Crippen molar-refractivity contribution in [3.8, 4) is 0 Å². The van der Waals surface area contributed by atoms with E-state index in [-0.39, 0.29) is 6.10 Å². The van der Waals surface area contributed by atoms with Gasteiger partial charge in [0.25, 0.3) is 0 Å². The SMILES string of the molecule is C/C=C\[C@H](OC)c1ccc(CC(C)C)cc1. The van der Waals surface area contributed by atoms with Crippen LogP contribution in [0.4, 0.5) is 0 Å². The maximum atomic E-state index is 5.41. The van der Waals surface area contributed by atoms with E-state index < -0.39 is 0 Å². The van der Waals surface area contributed by atoms with E-state index in [1.807, 2.05) is 13.0 Å². The fourth-order valence-electron chi connectivity index (χ4n) is 1.82. The molecule has 0 fully saturated rings. The molecule has 1 atom stereocenters. The number of rotatable bonds is 5. The standard InChI is InChI=1S/C15H22O/c1-5-6-15(16-4)14-9-7-13(8-10-14)11-12(2)3/h5-10,12,15H,11H2,1-4H3/b6-5-/t15-/m0/s1. The summed E-state index contributed by atoms with van der Waals surface area (Å²) in [5.41, 5.74) is 2.61. The number of hydrogen-bond acceptors (Lipinski definition) is 1. The second-order valence-electron chi connectivity index (χ2n) is 4.52. The van der Waals surface area contributed by atoms with E-state index in [4.69, 9.17) is 4.74 Å². The Balaban J connectivity index is 2.76. The largest absolute Gasteiger partial charge is 0.373 e. The molecule has 0 unspecified atom stereocenters. The second kappa shape index (κ2) is 6.49. The molecule has 0 saturated heterocycles.